The molecule has 128 valence electrons. The number of primary amides is 2. The van der Waals surface area contributed by atoms with Crippen molar-refractivity contribution in [2.75, 3.05) is 0 Å². The second kappa shape index (κ2) is 6.71. The fraction of sp³-hybridized carbons (Fsp3) is 0. The Morgan fingerprint density at radius 3 is 1.56 bits per heavy atom. The number of aromatic carboxylic acids is 2. The Balaban J connectivity index is 2.43. The third-order valence-corrected chi connectivity index (χ3v) is 3.21. The monoisotopic (exact) mass is 344 g/mol. The molecular weight excluding hydrogens is 332 g/mol. The van der Waals surface area contributed by atoms with Crippen LogP contribution in [-0.2, 0) is 0 Å². The number of rotatable bonds is 6. The average molecular weight is 344 g/mol. The van der Waals surface area contributed by atoms with E-state index in [1.54, 1.807) is 0 Å². The van der Waals surface area contributed by atoms with Gasteiger partial charge in [-0.25, -0.2) is 9.59 Å². The molecule has 0 aliphatic carbocycles. The zero-order valence-electron chi connectivity index (χ0n) is 12.6. The van der Waals surface area contributed by atoms with Crippen molar-refractivity contribution in [2.24, 2.45) is 11.5 Å². The molecule has 0 aliphatic rings. The Hall–Kier alpha value is -3.88. The first-order valence-electron chi connectivity index (χ1n) is 6.73. The van der Waals surface area contributed by atoms with E-state index in [4.69, 9.17) is 26.4 Å². The van der Waals surface area contributed by atoms with Gasteiger partial charge in [-0.1, -0.05) is 0 Å². The molecule has 0 saturated heterocycles. The summed E-state index contributed by atoms with van der Waals surface area (Å²) in [4.78, 5) is 44.9. The van der Waals surface area contributed by atoms with Crippen LogP contribution in [0.2, 0.25) is 0 Å². The van der Waals surface area contributed by atoms with Crippen LogP contribution in [0.25, 0.3) is 0 Å². The quantitative estimate of drug-likeness (QED) is 0.607. The van der Waals surface area contributed by atoms with E-state index in [9.17, 15) is 19.2 Å². The number of benzene rings is 2. The second-order valence-electron chi connectivity index (χ2n) is 4.86. The number of carboxylic acids is 2. The molecule has 0 spiro atoms. The lowest BCUT2D eigenvalue weighted by Gasteiger charge is -2.10. The first-order chi connectivity index (χ1) is 11.7. The maximum absolute atomic E-state index is 11.4. The summed E-state index contributed by atoms with van der Waals surface area (Å²) in [7, 11) is 0. The Kier molecular flexibility index (Phi) is 4.69. The molecule has 2 amide bonds. The van der Waals surface area contributed by atoms with Crippen molar-refractivity contribution in [2.45, 2.75) is 0 Å². The normalized spacial score (nSPS) is 10.1. The topological polar surface area (TPSA) is 170 Å². The number of carbonyl (C=O) groups excluding carboxylic acids is 2. The van der Waals surface area contributed by atoms with Crippen LogP contribution >= 0.6 is 0 Å². The zero-order chi connectivity index (χ0) is 18.7. The highest BCUT2D eigenvalue weighted by Crippen LogP contribution is 2.26. The minimum Gasteiger partial charge on any atom is -0.478 e. The number of hydrogen-bond acceptors (Lipinski definition) is 5. The summed E-state index contributed by atoms with van der Waals surface area (Å²) >= 11 is 0. The van der Waals surface area contributed by atoms with Gasteiger partial charge in [0, 0.05) is 0 Å². The van der Waals surface area contributed by atoms with Gasteiger partial charge in [-0.2, -0.15) is 0 Å². The van der Waals surface area contributed by atoms with Crippen LogP contribution in [0, 0.1) is 0 Å². The van der Waals surface area contributed by atoms with Crippen molar-refractivity contribution in [1.29, 1.82) is 0 Å². The summed E-state index contributed by atoms with van der Waals surface area (Å²) in [6.45, 7) is 0. The molecule has 0 atom stereocenters. The lowest BCUT2D eigenvalue weighted by molar-refractivity contribution is 0.0651. The van der Waals surface area contributed by atoms with Gasteiger partial charge in [-0.3, -0.25) is 9.59 Å². The fourth-order valence-corrected chi connectivity index (χ4v) is 2.09. The van der Waals surface area contributed by atoms with E-state index in [0.29, 0.717) is 0 Å². The summed E-state index contributed by atoms with van der Waals surface area (Å²) in [5, 5.41) is 18.1. The predicted octanol–water partition coefficient (Wildman–Crippen LogP) is 1.07. The van der Waals surface area contributed by atoms with Gasteiger partial charge in [0.15, 0.2) is 0 Å². The van der Waals surface area contributed by atoms with Gasteiger partial charge in [0.1, 0.15) is 11.5 Å². The van der Waals surface area contributed by atoms with Gasteiger partial charge in [0.2, 0.25) is 11.8 Å². The minimum absolute atomic E-state index is 0.0182. The lowest BCUT2D eigenvalue weighted by atomic mass is 10.1. The molecule has 0 saturated carbocycles. The lowest BCUT2D eigenvalue weighted by Crippen LogP contribution is -2.20. The van der Waals surface area contributed by atoms with E-state index >= 15 is 0 Å². The van der Waals surface area contributed by atoms with Crippen LogP contribution in [0.4, 0.5) is 0 Å². The van der Waals surface area contributed by atoms with Crippen LogP contribution < -0.4 is 16.2 Å². The molecule has 0 unspecified atom stereocenters. The molecule has 0 bridgehead atoms. The Labute approximate surface area is 140 Å². The number of amides is 2. The van der Waals surface area contributed by atoms with E-state index in [1.165, 1.54) is 24.3 Å². The van der Waals surface area contributed by atoms with Gasteiger partial charge in [0.05, 0.1) is 22.3 Å². The Bertz CT molecular complexity index is 832. The number of carbonyl (C=O) groups is 4. The molecule has 2 aromatic rings. The maximum Gasteiger partial charge on any atom is 0.336 e. The highest BCUT2D eigenvalue weighted by Gasteiger charge is 2.18. The SMILES string of the molecule is NC(=O)c1ccc(Oc2ccc(C(=O)O)c(C(=O)O)c2)cc1C(N)=O. The van der Waals surface area contributed by atoms with Crippen molar-refractivity contribution >= 4 is 23.8 Å². The average Bonchev–Trinajstić information content (AvgIpc) is 2.54. The van der Waals surface area contributed by atoms with Crippen molar-refractivity contribution in [3.8, 4) is 11.5 Å². The number of ether oxygens (including phenoxy) is 1. The molecule has 0 radical (unpaired) electrons. The third kappa shape index (κ3) is 3.72. The smallest absolute Gasteiger partial charge is 0.336 e. The van der Waals surface area contributed by atoms with Crippen molar-refractivity contribution in [1.82, 2.24) is 0 Å². The molecule has 0 aromatic heterocycles. The van der Waals surface area contributed by atoms with Crippen molar-refractivity contribution in [3.05, 3.63) is 58.7 Å². The van der Waals surface area contributed by atoms with E-state index in [-0.39, 0.29) is 22.6 Å². The van der Waals surface area contributed by atoms with Crippen LogP contribution in [0.1, 0.15) is 41.4 Å². The molecule has 0 aliphatic heterocycles. The Morgan fingerprint density at radius 2 is 1.12 bits per heavy atom. The molecule has 2 rings (SSSR count). The van der Waals surface area contributed by atoms with Gasteiger partial charge in [-0.15, -0.1) is 0 Å². The molecule has 2 aromatic carbocycles. The molecule has 0 fully saturated rings. The number of nitrogens with two attached hydrogens (primary N) is 2. The molecule has 0 heterocycles. The van der Waals surface area contributed by atoms with Crippen molar-refractivity contribution in [3.63, 3.8) is 0 Å². The molecule has 25 heavy (non-hydrogen) atoms. The van der Waals surface area contributed by atoms with Gasteiger partial charge < -0.3 is 26.4 Å². The summed E-state index contributed by atoms with van der Waals surface area (Å²) < 4.78 is 5.41. The highest BCUT2D eigenvalue weighted by molar-refractivity contribution is 6.06. The first-order valence-corrected chi connectivity index (χ1v) is 6.73. The summed E-state index contributed by atoms with van der Waals surface area (Å²) in [6, 6.07) is 7.10. The van der Waals surface area contributed by atoms with Crippen molar-refractivity contribution < 1.29 is 34.1 Å². The molecule has 6 N–H and O–H groups in total. The van der Waals surface area contributed by atoms with Crippen LogP contribution in [0.3, 0.4) is 0 Å². The Morgan fingerprint density at radius 1 is 0.680 bits per heavy atom. The largest absolute Gasteiger partial charge is 0.478 e. The first kappa shape index (κ1) is 17.5. The molecule has 9 heteroatoms. The maximum atomic E-state index is 11.4. The summed E-state index contributed by atoms with van der Waals surface area (Å²) in [5.74, 6) is -4.48. The van der Waals surface area contributed by atoms with Crippen LogP contribution in [0.15, 0.2) is 36.4 Å². The van der Waals surface area contributed by atoms with E-state index in [0.717, 1.165) is 12.1 Å². The summed E-state index contributed by atoms with van der Waals surface area (Å²) in [5.41, 5.74) is 9.21. The number of carboxylic acid groups (broad SMARTS) is 2. The standard InChI is InChI=1S/C16H12N2O7/c17-13(19)9-3-1-7(5-11(9)14(18)20)25-8-2-4-10(15(21)22)12(6-8)16(23)24/h1-6H,(H2,17,19)(H2,18,20)(H,21,22)(H,23,24). The number of hydrogen-bond donors (Lipinski definition) is 4. The van der Waals surface area contributed by atoms with Crippen LogP contribution in [-0.4, -0.2) is 34.0 Å². The highest BCUT2D eigenvalue weighted by atomic mass is 16.5. The third-order valence-electron chi connectivity index (χ3n) is 3.21. The predicted molar refractivity (Wildman–Crippen MR) is 83.9 cm³/mol. The zero-order valence-corrected chi connectivity index (χ0v) is 12.6. The van der Waals surface area contributed by atoms with E-state index in [2.05, 4.69) is 0 Å². The van der Waals surface area contributed by atoms with Crippen LogP contribution in [0.5, 0.6) is 11.5 Å². The fourth-order valence-electron chi connectivity index (χ4n) is 2.09. The van der Waals surface area contributed by atoms with Gasteiger partial charge >= 0.3 is 11.9 Å². The molecular formula is C16H12N2O7. The van der Waals surface area contributed by atoms with E-state index < -0.39 is 34.9 Å². The van der Waals surface area contributed by atoms with Gasteiger partial charge in [0.25, 0.3) is 0 Å². The summed E-state index contributed by atoms with van der Waals surface area (Å²) in [6.07, 6.45) is 0. The minimum atomic E-state index is -1.44. The second-order valence-corrected chi connectivity index (χ2v) is 4.86. The van der Waals surface area contributed by atoms with Gasteiger partial charge in [-0.05, 0) is 36.4 Å². The van der Waals surface area contributed by atoms with E-state index in [1.807, 2.05) is 0 Å². The molecule has 9 nitrogen and oxygen atoms in total.